The van der Waals surface area contributed by atoms with Gasteiger partial charge in [-0.3, -0.25) is 4.68 Å². The van der Waals surface area contributed by atoms with Gasteiger partial charge in [-0.05, 0) is 26.8 Å². The predicted molar refractivity (Wildman–Crippen MR) is 76.4 cm³/mol. The van der Waals surface area contributed by atoms with Gasteiger partial charge < -0.3 is 9.64 Å². The third-order valence-electron chi connectivity index (χ3n) is 3.33. The molecule has 0 spiro atoms. The number of nitrogens with zero attached hydrogens (tertiary/aromatic N) is 3. The number of carbonyl (C=O) groups excluding carboxylic acids is 1. The van der Waals surface area contributed by atoms with Crippen LogP contribution >= 0.6 is 0 Å². The molecule has 0 unspecified atom stereocenters. The van der Waals surface area contributed by atoms with E-state index in [2.05, 4.69) is 5.10 Å². The molecule has 0 N–H and O–H groups in total. The summed E-state index contributed by atoms with van der Waals surface area (Å²) in [4.78, 5) is 13.9. The molecule has 1 amide bonds. The Bertz CT molecular complexity index is 655. The standard InChI is InChI=1S/C15H19N3O2/c1-15(2,3)20-14(19)17-8-9-18-13(10-17)11-6-4-5-7-12(11)16-18/h4-7H,8-10H2,1-3H3. The molecule has 2 aromatic rings. The number of hydrogen-bond acceptors (Lipinski definition) is 3. The van der Waals surface area contributed by atoms with E-state index in [-0.39, 0.29) is 6.09 Å². The molecule has 1 aliphatic heterocycles. The summed E-state index contributed by atoms with van der Waals surface area (Å²) in [6.07, 6.45) is -0.256. The van der Waals surface area contributed by atoms with Crippen molar-refractivity contribution in [2.45, 2.75) is 39.5 Å². The van der Waals surface area contributed by atoms with E-state index >= 15 is 0 Å². The molecular weight excluding hydrogens is 254 g/mol. The van der Waals surface area contributed by atoms with Gasteiger partial charge in [-0.1, -0.05) is 18.2 Å². The van der Waals surface area contributed by atoms with Crippen molar-refractivity contribution < 1.29 is 9.53 Å². The van der Waals surface area contributed by atoms with Crippen LogP contribution in [0.15, 0.2) is 24.3 Å². The van der Waals surface area contributed by atoms with Gasteiger partial charge in [0.1, 0.15) is 5.60 Å². The first-order valence-corrected chi connectivity index (χ1v) is 6.86. The number of hydrogen-bond donors (Lipinski definition) is 0. The van der Waals surface area contributed by atoms with Crippen LogP contribution in [0.1, 0.15) is 26.5 Å². The predicted octanol–water partition coefficient (Wildman–Crippen LogP) is 2.79. The van der Waals surface area contributed by atoms with E-state index in [4.69, 9.17) is 4.74 Å². The highest BCUT2D eigenvalue weighted by Gasteiger charge is 2.27. The van der Waals surface area contributed by atoms with E-state index in [1.54, 1.807) is 4.90 Å². The lowest BCUT2D eigenvalue weighted by atomic mass is 10.2. The van der Waals surface area contributed by atoms with Gasteiger partial charge in [0.05, 0.1) is 24.3 Å². The van der Waals surface area contributed by atoms with Gasteiger partial charge in [0, 0.05) is 11.9 Å². The minimum Gasteiger partial charge on any atom is -0.444 e. The Morgan fingerprint density at radius 3 is 2.75 bits per heavy atom. The maximum atomic E-state index is 12.2. The maximum Gasteiger partial charge on any atom is 0.410 e. The van der Waals surface area contributed by atoms with Gasteiger partial charge >= 0.3 is 6.09 Å². The second-order valence-electron chi connectivity index (χ2n) is 6.09. The van der Waals surface area contributed by atoms with E-state index in [0.717, 1.165) is 16.6 Å². The highest BCUT2D eigenvalue weighted by molar-refractivity contribution is 5.82. The highest BCUT2D eigenvalue weighted by atomic mass is 16.6. The number of fused-ring (bicyclic) bond motifs is 3. The average molecular weight is 273 g/mol. The van der Waals surface area contributed by atoms with Crippen LogP contribution < -0.4 is 0 Å². The van der Waals surface area contributed by atoms with Crippen molar-refractivity contribution >= 4 is 17.0 Å². The Hall–Kier alpha value is -2.04. The molecule has 3 rings (SSSR count). The van der Waals surface area contributed by atoms with E-state index in [1.165, 1.54) is 0 Å². The van der Waals surface area contributed by atoms with E-state index in [1.807, 2.05) is 49.7 Å². The van der Waals surface area contributed by atoms with Crippen molar-refractivity contribution in [3.05, 3.63) is 30.0 Å². The highest BCUT2D eigenvalue weighted by Crippen LogP contribution is 2.23. The molecule has 106 valence electrons. The van der Waals surface area contributed by atoms with Crippen LogP contribution in [0.4, 0.5) is 4.79 Å². The number of amides is 1. The Balaban J connectivity index is 1.86. The van der Waals surface area contributed by atoms with Gasteiger partial charge in [0.25, 0.3) is 0 Å². The lowest BCUT2D eigenvalue weighted by molar-refractivity contribution is 0.0196. The quantitative estimate of drug-likeness (QED) is 0.741. The molecule has 0 saturated carbocycles. The zero-order valence-corrected chi connectivity index (χ0v) is 12.1. The second kappa shape index (κ2) is 4.51. The zero-order chi connectivity index (χ0) is 14.3. The van der Waals surface area contributed by atoms with Crippen molar-refractivity contribution in [3.8, 4) is 0 Å². The van der Waals surface area contributed by atoms with Crippen molar-refractivity contribution in [1.29, 1.82) is 0 Å². The monoisotopic (exact) mass is 273 g/mol. The first kappa shape index (κ1) is 13.0. The summed E-state index contributed by atoms with van der Waals surface area (Å²) in [5, 5.41) is 5.67. The van der Waals surface area contributed by atoms with Gasteiger partial charge in [0.15, 0.2) is 0 Å². The summed E-state index contributed by atoms with van der Waals surface area (Å²) in [6, 6.07) is 8.02. The van der Waals surface area contributed by atoms with Crippen molar-refractivity contribution in [2.24, 2.45) is 0 Å². The molecule has 20 heavy (non-hydrogen) atoms. The number of ether oxygens (including phenoxy) is 1. The number of carbonyl (C=O) groups is 1. The van der Waals surface area contributed by atoms with E-state index in [9.17, 15) is 4.79 Å². The van der Waals surface area contributed by atoms with Gasteiger partial charge in [-0.15, -0.1) is 0 Å². The third-order valence-corrected chi connectivity index (χ3v) is 3.33. The van der Waals surface area contributed by atoms with Crippen molar-refractivity contribution in [2.75, 3.05) is 6.54 Å². The molecule has 5 nitrogen and oxygen atoms in total. The Morgan fingerprint density at radius 1 is 1.25 bits per heavy atom. The molecule has 0 radical (unpaired) electrons. The topological polar surface area (TPSA) is 47.4 Å². The molecule has 2 heterocycles. The van der Waals surface area contributed by atoms with Crippen LogP contribution in [0, 0.1) is 0 Å². The second-order valence-corrected chi connectivity index (χ2v) is 6.09. The van der Waals surface area contributed by atoms with Crippen molar-refractivity contribution in [1.82, 2.24) is 14.7 Å². The van der Waals surface area contributed by atoms with Gasteiger partial charge in [-0.2, -0.15) is 5.10 Å². The lowest BCUT2D eigenvalue weighted by Crippen LogP contribution is -2.41. The summed E-state index contributed by atoms with van der Waals surface area (Å²) in [5.41, 5.74) is 1.60. The summed E-state index contributed by atoms with van der Waals surface area (Å²) in [7, 11) is 0. The normalized spacial score (nSPS) is 15.2. The number of aromatic nitrogens is 2. The Kier molecular flexibility index (Phi) is 2.92. The van der Waals surface area contributed by atoms with Gasteiger partial charge in [0.2, 0.25) is 0 Å². The summed E-state index contributed by atoms with van der Waals surface area (Å²) >= 11 is 0. The van der Waals surface area contributed by atoms with E-state index < -0.39 is 5.60 Å². The summed E-state index contributed by atoms with van der Waals surface area (Å²) in [5.74, 6) is 0. The molecule has 0 aliphatic carbocycles. The van der Waals surface area contributed by atoms with E-state index in [0.29, 0.717) is 19.6 Å². The smallest absolute Gasteiger partial charge is 0.410 e. The average Bonchev–Trinajstić information content (AvgIpc) is 2.74. The third kappa shape index (κ3) is 2.35. The fraction of sp³-hybridized carbons (Fsp3) is 0.467. The molecule has 1 aromatic carbocycles. The van der Waals surface area contributed by atoms with Crippen molar-refractivity contribution in [3.63, 3.8) is 0 Å². The molecule has 1 aliphatic rings. The maximum absolute atomic E-state index is 12.2. The summed E-state index contributed by atoms with van der Waals surface area (Å²) < 4.78 is 7.43. The first-order valence-electron chi connectivity index (χ1n) is 6.86. The molecule has 1 aromatic heterocycles. The minimum atomic E-state index is -0.461. The summed E-state index contributed by atoms with van der Waals surface area (Å²) in [6.45, 7) is 7.55. The lowest BCUT2D eigenvalue weighted by Gasteiger charge is -2.30. The number of benzene rings is 1. The fourth-order valence-corrected chi connectivity index (χ4v) is 2.44. The zero-order valence-electron chi connectivity index (χ0n) is 12.1. The Morgan fingerprint density at radius 2 is 2.00 bits per heavy atom. The van der Waals surface area contributed by atoms with Crippen LogP contribution in [0.25, 0.3) is 10.9 Å². The molecular formula is C15H19N3O2. The molecule has 5 heteroatoms. The first-order chi connectivity index (χ1) is 9.44. The van der Waals surface area contributed by atoms with Crippen LogP contribution in [0.3, 0.4) is 0 Å². The van der Waals surface area contributed by atoms with Crippen LogP contribution in [-0.2, 0) is 17.8 Å². The molecule has 0 fully saturated rings. The Labute approximate surface area is 118 Å². The van der Waals surface area contributed by atoms with Crippen LogP contribution in [-0.4, -0.2) is 32.9 Å². The minimum absolute atomic E-state index is 0.256. The molecule has 0 saturated heterocycles. The van der Waals surface area contributed by atoms with Crippen LogP contribution in [0.5, 0.6) is 0 Å². The fourth-order valence-electron chi connectivity index (χ4n) is 2.44. The SMILES string of the molecule is CC(C)(C)OC(=O)N1CCn2nc3ccccc3c2C1. The molecule has 0 bridgehead atoms. The molecule has 0 atom stereocenters. The number of rotatable bonds is 0. The largest absolute Gasteiger partial charge is 0.444 e. The van der Waals surface area contributed by atoms with Gasteiger partial charge in [-0.25, -0.2) is 4.79 Å². The van der Waals surface area contributed by atoms with Crippen LogP contribution in [0.2, 0.25) is 0 Å².